The fourth-order valence-corrected chi connectivity index (χ4v) is 2.55. The van der Waals surface area contributed by atoms with Crippen molar-refractivity contribution in [1.29, 1.82) is 0 Å². The van der Waals surface area contributed by atoms with E-state index in [1.54, 1.807) is 0 Å². The molecule has 1 aliphatic heterocycles. The second-order valence-electron chi connectivity index (χ2n) is 5.97. The Bertz CT molecular complexity index is 456. The third kappa shape index (κ3) is 6.02. The number of rotatable bonds is 7. The highest BCUT2D eigenvalue weighted by Gasteiger charge is 2.14. The van der Waals surface area contributed by atoms with Gasteiger partial charge in [0.15, 0.2) is 6.61 Å². The van der Waals surface area contributed by atoms with Gasteiger partial charge in [0.1, 0.15) is 11.6 Å². The fourth-order valence-electron chi connectivity index (χ4n) is 2.55. The second-order valence-corrected chi connectivity index (χ2v) is 5.97. The van der Waals surface area contributed by atoms with Gasteiger partial charge in [-0.25, -0.2) is 4.39 Å². The Balaban J connectivity index is 1.53. The van der Waals surface area contributed by atoms with Crippen LogP contribution in [-0.2, 0) is 4.79 Å². The van der Waals surface area contributed by atoms with Gasteiger partial charge < -0.3 is 15.0 Å². The summed E-state index contributed by atoms with van der Waals surface area (Å²) in [6.07, 6.45) is 3.51. The summed E-state index contributed by atoms with van der Waals surface area (Å²) in [7, 11) is 0. The van der Waals surface area contributed by atoms with Crippen LogP contribution in [0.4, 0.5) is 4.39 Å². The monoisotopic (exact) mass is 308 g/mol. The lowest BCUT2D eigenvalue weighted by atomic mass is 9.99. The maximum atomic E-state index is 12.7. The first kappa shape index (κ1) is 16.7. The number of carbonyl (C=O) groups excluding carboxylic acids is 1. The molecule has 1 saturated heterocycles. The first-order chi connectivity index (χ1) is 10.6. The van der Waals surface area contributed by atoms with Crippen molar-refractivity contribution in [3.05, 3.63) is 30.1 Å². The molecule has 2 rings (SSSR count). The predicted molar refractivity (Wildman–Crippen MR) is 84.4 cm³/mol. The van der Waals surface area contributed by atoms with Crippen LogP contribution in [0, 0.1) is 11.7 Å². The van der Waals surface area contributed by atoms with Gasteiger partial charge in [0.05, 0.1) is 0 Å². The number of halogens is 1. The summed E-state index contributed by atoms with van der Waals surface area (Å²) < 4.78 is 18.0. The van der Waals surface area contributed by atoms with Gasteiger partial charge in [-0.3, -0.25) is 4.79 Å². The van der Waals surface area contributed by atoms with E-state index in [4.69, 9.17) is 4.74 Å². The molecule has 0 aliphatic carbocycles. The van der Waals surface area contributed by atoms with Crippen LogP contribution in [-0.4, -0.2) is 43.6 Å². The van der Waals surface area contributed by atoms with E-state index in [2.05, 4.69) is 17.1 Å². The summed E-state index contributed by atoms with van der Waals surface area (Å²) in [5.74, 6) is 0.888. The van der Waals surface area contributed by atoms with Crippen LogP contribution >= 0.6 is 0 Å². The molecule has 0 bridgehead atoms. The Morgan fingerprint density at radius 2 is 2.00 bits per heavy atom. The standard InChI is InChI=1S/C17H25FN2O2/c1-14-7-11-20(12-8-14)10-2-9-19-17(21)13-22-16-5-3-15(18)4-6-16/h3-6,14H,2,7-13H2,1H3,(H,19,21). The van der Waals surface area contributed by atoms with Crippen LogP contribution in [0.25, 0.3) is 0 Å². The molecule has 0 saturated carbocycles. The van der Waals surface area contributed by atoms with Crippen molar-refractivity contribution in [2.75, 3.05) is 32.8 Å². The lowest BCUT2D eigenvalue weighted by Crippen LogP contribution is -2.36. The highest BCUT2D eigenvalue weighted by Crippen LogP contribution is 2.15. The topological polar surface area (TPSA) is 41.6 Å². The number of hydrogen-bond acceptors (Lipinski definition) is 3. The first-order valence-corrected chi connectivity index (χ1v) is 8.01. The minimum atomic E-state index is -0.316. The number of amides is 1. The molecule has 0 radical (unpaired) electrons. The van der Waals surface area contributed by atoms with E-state index in [1.807, 2.05) is 0 Å². The Labute approximate surface area is 131 Å². The Kier molecular flexibility index (Phi) is 6.65. The van der Waals surface area contributed by atoms with Crippen molar-refractivity contribution in [1.82, 2.24) is 10.2 Å². The quantitative estimate of drug-likeness (QED) is 0.787. The molecule has 22 heavy (non-hydrogen) atoms. The molecule has 122 valence electrons. The second kappa shape index (κ2) is 8.73. The predicted octanol–water partition coefficient (Wildman–Crippen LogP) is 2.44. The molecule has 1 aromatic rings. The highest BCUT2D eigenvalue weighted by molar-refractivity contribution is 5.77. The summed E-state index contributed by atoms with van der Waals surface area (Å²) in [6.45, 7) is 6.31. The van der Waals surface area contributed by atoms with Crippen molar-refractivity contribution in [3.8, 4) is 5.75 Å². The number of piperidine rings is 1. The minimum Gasteiger partial charge on any atom is -0.484 e. The van der Waals surface area contributed by atoms with Crippen molar-refractivity contribution >= 4 is 5.91 Å². The van der Waals surface area contributed by atoms with Crippen molar-refractivity contribution < 1.29 is 13.9 Å². The molecule has 1 amide bonds. The Morgan fingerprint density at radius 3 is 2.68 bits per heavy atom. The van der Waals surface area contributed by atoms with Crippen LogP contribution < -0.4 is 10.1 Å². The summed E-state index contributed by atoms with van der Waals surface area (Å²) in [5.41, 5.74) is 0. The molecule has 1 aromatic carbocycles. The SMILES string of the molecule is CC1CCN(CCCNC(=O)COc2ccc(F)cc2)CC1. The van der Waals surface area contributed by atoms with Gasteiger partial charge in [-0.2, -0.15) is 0 Å². The van der Waals surface area contributed by atoms with E-state index in [9.17, 15) is 9.18 Å². The minimum absolute atomic E-state index is 0.0349. The normalized spacial score (nSPS) is 16.5. The van der Waals surface area contributed by atoms with Gasteiger partial charge in [0.25, 0.3) is 5.91 Å². The average Bonchev–Trinajstić information content (AvgIpc) is 2.53. The number of hydrogen-bond donors (Lipinski definition) is 1. The highest BCUT2D eigenvalue weighted by atomic mass is 19.1. The number of carbonyl (C=O) groups is 1. The van der Waals surface area contributed by atoms with Crippen LogP contribution in [0.3, 0.4) is 0 Å². The molecule has 1 fully saturated rings. The third-order valence-electron chi connectivity index (χ3n) is 4.03. The van der Waals surface area contributed by atoms with Gasteiger partial charge in [-0.05, 0) is 69.1 Å². The lowest BCUT2D eigenvalue weighted by molar-refractivity contribution is -0.123. The zero-order valence-electron chi connectivity index (χ0n) is 13.2. The molecule has 1 aliphatic rings. The van der Waals surface area contributed by atoms with Crippen LogP contribution in [0.15, 0.2) is 24.3 Å². The smallest absolute Gasteiger partial charge is 0.257 e. The molecule has 4 nitrogen and oxygen atoms in total. The maximum Gasteiger partial charge on any atom is 0.257 e. The maximum absolute atomic E-state index is 12.7. The van der Waals surface area contributed by atoms with E-state index >= 15 is 0 Å². The first-order valence-electron chi connectivity index (χ1n) is 8.01. The fraction of sp³-hybridized carbons (Fsp3) is 0.588. The summed E-state index contributed by atoms with van der Waals surface area (Å²) in [5, 5.41) is 2.85. The molecule has 5 heteroatoms. The lowest BCUT2D eigenvalue weighted by Gasteiger charge is -2.30. The van der Waals surface area contributed by atoms with E-state index in [1.165, 1.54) is 50.2 Å². The van der Waals surface area contributed by atoms with Gasteiger partial charge in [0.2, 0.25) is 0 Å². The number of nitrogens with one attached hydrogen (secondary N) is 1. The number of ether oxygens (including phenoxy) is 1. The van der Waals surface area contributed by atoms with Crippen molar-refractivity contribution in [3.63, 3.8) is 0 Å². The average molecular weight is 308 g/mol. The van der Waals surface area contributed by atoms with Gasteiger partial charge >= 0.3 is 0 Å². The van der Waals surface area contributed by atoms with Gasteiger partial charge in [-0.15, -0.1) is 0 Å². The molecule has 0 spiro atoms. The third-order valence-corrected chi connectivity index (χ3v) is 4.03. The van der Waals surface area contributed by atoms with E-state index in [-0.39, 0.29) is 18.3 Å². The Morgan fingerprint density at radius 1 is 1.32 bits per heavy atom. The van der Waals surface area contributed by atoms with E-state index < -0.39 is 0 Å². The van der Waals surface area contributed by atoms with Gasteiger partial charge in [-0.1, -0.05) is 6.92 Å². The summed E-state index contributed by atoms with van der Waals surface area (Å²) in [4.78, 5) is 14.1. The van der Waals surface area contributed by atoms with Crippen LogP contribution in [0.5, 0.6) is 5.75 Å². The Hall–Kier alpha value is -1.62. The molecule has 0 aromatic heterocycles. The van der Waals surface area contributed by atoms with Gasteiger partial charge in [0, 0.05) is 6.54 Å². The molecule has 0 unspecified atom stereocenters. The van der Waals surface area contributed by atoms with E-state index in [0.29, 0.717) is 12.3 Å². The number of benzene rings is 1. The number of likely N-dealkylation sites (tertiary alicyclic amines) is 1. The molecule has 0 atom stereocenters. The zero-order chi connectivity index (χ0) is 15.8. The number of nitrogens with zero attached hydrogens (tertiary/aromatic N) is 1. The van der Waals surface area contributed by atoms with Crippen LogP contribution in [0.2, 0.25) is 0 Å². The largest absolute Gasteiger partial charge is 0.484 e. The van der Waals surface area contributed by atoms with E-state index in [0.717, 1.165) is 18.9 Å². The van der Waals surface area contributed by atoms with Crippen molar-refractivity contribution in [2.45, 2.75) is 26.2 Å². The zero-order valence-corrected chi connectivity index (χ0v) is 13.2. The molecule has 1 heterocycles. The van der Waals surface area contributed by atoms with Crippen molar-refractivity contribution in [2.24, 2.45) is 5.92 Å². The molecule has 1 N–H and O–H groups in total. The summed E-state index contributed by atoms with van der Waals surface area (Å²) in [6, 6.07) is 5.65. The molecular formula is C17H25FN2O2. The van der Waals surface area contributed by atoms with Crippen LogP contribution in [0.1, 0.15) is 26.2 Å². The summed E-state index contributed by atoms with van der Waals surface area (Å²) >= 11 is 0. The molecular weight excluding hydrogens is 283 g/mol.